The molecule has 0 amide bonds. The van der Waals surface area contributed by atoms with Gasteiger partial charge in [-0.3, -0.25) is 5.10 Å². The Bertz CT molecular complexity index is 496. The lowest BCUT2D eigenvalue weighted by Crippen LogP contribution is -2.01. The Morgan fingerprint density at radius 3 is 2.67 bits per heavy atom. The molecule has 0 saturated heterocycles. The van der Waals surface area contributed by atoms with E-state index >= 15 is 0 Å². The minimum absolute atomic E-state index is 0.139. The van der Waals surface area contributed by atoms with Crippen LogP contribution < -0.4 is 10.1 Å². The van der Waals surface area contributed by atoms with Gasteiger partial charge in [0.1, 0.15) is 11.6 Å². The molecule has 6 heteroatoms. The number of hydrogen-bond donors (Lipinski definition) is 2. The number of ether oxygens (including phenoxy) is 1. The molecule has 0 unspecified atom stereocenters. The Morgan fingerprint density at radius 1 is 1.33 bits per heavy atom. The second kappa shape index (κ2) is 5.48. The monoisotopic (exact) mass is 253 g/mol. The molecule has 4 nitrogen and oxygen atoms in total. The van der Waals surface area contributed by atoms with Crippen molar-refractivity contribution in [1.29, 1.82) is 0 Å². The molecule has 18 heavy (non-hydrogen) atoms. The van der Waals surface area contributed by atoms with E-state index in [1.807, 2.05) is 13.0 Å². The molecule has 2 aromatic rings. The van der Waals surface area contributed by atoms with Gasteiger partial charge in [-0.1, -0.05) is 0 Å². The number of anilines is 1. The number of halogens is 2. The van der Waals surface area contributed by atoms with E-state index in [2.05, 4.69) is 20.3 Å². The Kier molecular flexibility index (Phi) is 3.76. The van der Waals surface area contributed by atoms with Crippen molar-refractivity contribution in [3.05, 3.63) is 30.3 Å². The number of aromatic nitrogens is 2. The fourth-order valence-electron chi connectivity index (χ4n) is 1.56. The van der Waals surface area contributed by atoms with Crippen LogP contribution in [0.1, 0.15) is 6.92 Å². The van der Waals surface area contributed by atoms with Gasteiger partial charge in [-0.2, -0.15) is 13.9 Å². The largest absolute Gasteiger partial charge is 0.435 e. The van der Waals surface area contributed by atoms with Crippen molar-refractivity contribution in [2.75, 3.05) is 11.9 Å². The number of aromatic amines is 1. The number of hydrogen-bond acceptors (Lipinski definition) is 3. The lowest BCUT2D eigenvalue weighted by atomic mass is 10.1. The summed E-state index contributed by atoms with van der Waals surface area (Å²) < 4.78 is 28.2. The molecule has 96 valence electrons. The first-order valence-electron chi connectivity index (χ1n) is 5.53. The molecule has 0 spiro atoms. The molecule has 2 rings (SSSR count). The topological polar surface area (TPSA) is 49.9 Å². The van der Waals surface area contributed by atoms with Gasteiger partial charge in [-0.05, 0) is 36.8 Å². The summed E-state index contributed by atoms with van der Waals surface area (Å²) in [4.78, 5) is 0. The lowest BCUT2D eigenvalue weighted by Gasteiger charge is -2.04. The maximum Gasteiger partial charge on any atom is 0.387 e. The zero-order valence-corrected chi connectivity index (χ0v) is 9.78. The maximum atomic E-state index is 12.0. The first kappa shape index (κ1) is 12.3. The molecule has 0 aliphatic rings. The fraction of sp³-hybridized carbons (Fsp3) is 0.250. The number of nitrogens with zero attached hydrogens (tertiary/aromatic N) is 1. The van der Waals surface area contributed by atoms with Crippen LogP contribution in [0.5, 0.6) is 5.75 Å². The van der Waals surface area contributed by atoms with Gasteiger partial charge in [-0.15, -0.1) is 0 Å². The molecule has 0 atom stereocenters. The van der Waals surface area contributed by atoms with Gasteiger partial charge in [0.05, 0.1) is 5.69 Å². The quantitative estimate of drug-likeness (QED) is 0.860. The molecule has 0 aliphatic heterocycles. The van der Waals surface area contributed by atoms with Crippen molar-refractivity contribution in [3.63, 3.8) is 0 Å². The van der Waals surface area contributed by atoms with Crippen molar-refractivity contribution in [3.8, 4) is 17.0 Å². The predicted molar refractivity (Wildman–Crippen MR) is 64.8 cm³/mol. The van der Waals surface area contributed by atoms with E-state index in [4.69, 9.17) is 0 Å². The summed E-state index contributed by atoms with van der Waals surface area (Å²) in [6.45, 7) is -0.0422. The summed E-state index contributed by atoms with van der Waals surface area (Å²) in [5, 5.41) is 10.0. The molecule has 0 saturated carbocycles. The zero-order chi connectivity index (χ0) is 13.0. The molecule has 0 bridgehead atoms. The Labute approximate surface area is 103 Å². The van der Waals surface area contributed by atoms with E-state index in [0.29, 0.717) is 0 Å². The van der Waals surface area contributed by atoms with Gasteiger partial charge in [-0.25, -0.2) is 0 Å². The van der Waals surface area contributed by atoms with Crippen molar-refractivity contribution in [2.24, 2.45) is 0 Å². The Morgan fingerprint density at radius 2 is 2.06 bits per heavy atom. The highest BCUT2D eigenvalue weighted by molar-refractivity contribution is 5.63. The molecule has 1 heterocycles. The maximum absolute atomic E-state index is 12.0. The van der Waals surface area contributed by atoms with Gasteiger partial charge in [0.2, 0.25) is 0 Å². The molecule has 0 radical (unpaired) electrons. The van der Waals surface area contributed by atoms with Crippen LogP contribution in [-0.4, -0.2) is 23.4 Å². The molecular weight excluding hydrogens is 240 g/mol. The second-order valence-corrected chi connectivity index (χ2v) is 3.60. The van der Waals surface area contributed by atoms with Gasteiger partial charge in [0.25, 0.3) is 0 Å². The number of benzene rings is 1. The lowest BCUT2D eigenvalue weighted by molar-refractivity contribution is -0.0498. The number of alkyl halides is 2. The van der Waals surface area contributed by atoms with E-state index in [1.54, 1.807) is 12.1 Å². The molecule has 1 aromatic heterocycles. The summed E-state index contributed by atoms with van der Waals surface area (Å²) in [6.07, 6.45) is 0. The molecule has 2 N–H and O–H groups in total. The average Bonchev–Trinajstić information content (AvgIpc) is 2.78. The summed E-state index contributed by atoms with van der Waals surface area (Å²) in [5.41, 5.74) is 1.67. The number of H-pyrrole nitrogens is 1. The van der Waals surface area contributed by atoms with E-state index in [1.165, 1.54) is 12.1 Å². The van der Waals surface area contributed by atoms with Crippen LogP contribution in [-0.2, 0) is 0 Å². The van der Waals surface area contributed by atoms with Crippen LogP contribution in [0.2, 0.25) is 0 Å². The van der Waals surface area contributed by atoms with Gasteiger partial charge in [0, 0.05) is 12.6 Å². The third kappa shape index (κ3) is 2.97. The SMILES string of the molecule is CCNc1cc(-c2ccc(OC(F)F)cc2)[nH]n1. The predicted octanol–water partition coefficient (Wildman–Crippen LogP) is 3.11. The van der Waals surface area contributed by atoms with Crippen molar-refractivity contribution < 1.29 is 13.5 Å². The highest BCUT2D eigenvalue weighted by Gasteiger charge is 2.06. The van der Waals surface area contributed by atoms with Crippen LogP contribution in [0.3, 0.4) is 0 Å². The normalized spacial score (nSPS) is 10.7. The van der Waals surface area contributed by atoms with Crippen molar-refractivity contribution in [1.82, 2.24) is 10.2 Å². The highest BCUT2D eigenvalue weighted by atomic mass is 19.3. The summed E-state index contributed by atoms with van der Waals surface area (Å²) in [5.74, 6) is 0.889. The smallest absolute Gasteiger partial charge is 0.387 e. The molecular formula is C12H13F2N3O. The summed E-state index contributed by atoms with van der Waals surface area (Å²) >= 11 is 0. The third-order valence-electron chi connectivity index (χ3n) is 2.33. The van der Waals surface area contributed by atoms with Crippen LogP contribution >= 0.6 is 0 Å². The first-order valence-corrected chi connectivity index (χ1v) is 5.53. The average molecular weight is 253 g/mol. The minimum atomic E-state index is -2.80. The van der Waals surface area contributed by atoms with Gasteiger partial charge in [0.15, 0.2) is 0 Å². The Balaban J connectivity index is 2.12. The van der Waals surface area contributed by atoms with Crippen LogP contribution in [0.25, 0.3) is 11.3 Å². The van der Waals surface area contributed by atoms with Crippen LogP contribution in [0, 0.1) is 0 Å². The number of nitrogens with one attached hydrogen (secondary N) is 2. The zero-order valence-electron chi connectivity index (χ0n) is 9.78. The minimum Gasteiger partial charge on any atom is -0.435 e. The molecule has 1 aromatic carbocycles. The molecule has 0 fully saturated rings. The van der Waals surface area contributed by atoms with Gasteiger partial charge < -0.3 is 10.1 Å². The molecule has 0 aliphatic carbocycles. The van der Waals surface area contributed by atoms with E-state index < -0.39 is 6.61 Å². The third-order valence-corrected chi connectivity index (χ3v) is 2.33. The van der Waals surface area contributed by atoms with Crippen LogP contribution in [0.4, 0.5) is 14.6 Å². The van der Waals surface area contributed by atoms with Crippen LogP contribution in [0.15, 0.2) is 30.3 Å². The van der Waals surface area contributed by atoms with E-state index in [9.17, 15) is 8.78 Å². The summed E-state index contributed by atoms with van der Waals surface area (Å²) in [6, 6.07) is 8.24. The van der Waals surface area contributed by atoms with E-state index in [0.717, 1.165) is 23.6 Å². The number of rotatable bonds is 5. The second-order valence-electron chi connectivity index (χ2n) is 3.60. The van der Waals surface area contributed by atoms with Gasteiger partial charge >= 0.3 is 6.61 Å². The first-order chi connectivity index (χ1) is 8.69. The van der Waals surface area contributed by atoms with Crippen molar-refractivity contribution in [2.45, 2.75) is 13.5 Å². The highest BCUT2D eigenvalue weighted by Crippen LogP contribution is 2.23. The standard InChI is InChI=1S/C12H13F2N3O/c1-2-15-11-7-10(16-17-11)8-3-5-9(6-4-8)18-12(13)14/h3-7,12H,2H2,1H3,(H2,15,16,17). The van der Waals surface area contributed by atoms with Crippen molar-refractivity contribution >= 4 is 5.82 Å². The fourth-order valence-corrected chi connectivity index (χ4v) is 1.56. The Hall–Kier alpha value is -2.11. The van der Waals surface area contributed by atoms with E-state index in [-0.39, 0.29) is 5.75 Å². The summed E-state index contributed by atoms with van der Waals surface area (Å²) in [7, 11) is 0.